The zero-order valence-electron chi connectivity index (χ0n) is 18.5. The molecular formula is C26H28N4OS. The van der Waals surface area contributed by atoms with Crippen molar-refractivity contribution in [1.29, 1.82) is 0 Å². The third-order valence-electron chi connectivity index (χ3n) is 6.17. The molecule has 2 aromatic carbocycles. The van der Waals surface area contributed by atoms with Crippen molar-refractivity contribution in [3.63, 3.8) is 0 Å². The highest BCUT2D eigenvalue weighted by atomic mass is 32.1. The Morgan fingerprint density at radius 1 is 1.16 bits per heavy atom. The van der Waals surface area contributed by atoms with Crippen molar-refractivity contribution < 1.29 is 4.79 Å². The summed E-state index contributed by atoms with van der Waals surface area (Å²) in [5, 5.41) is 9.00. The van der Waals surface area contributed by atoms with Crippen molar-refractivity contribution in [3.8, 4) is 0 Å². The zero-order chi connectivity index (χ0) is 22.1. The van der Waals surface area contributed by atoms with E-state index < -0.39 is 0 Å². The lowest BCUT2D eigenvalue weighted by Gasteiger charge is -2.36. The van der Waals surface area contributed by atoms with Crippen molar-refractivity contribution in [2.45, 2.75) is 52.1 Å². The molecule has 2 aromatic heterocycles. The summed E-state index contributed by atoms with van der Waals surface area (Å²) in [7, 11) is 0. The number of amides is 1. The quantitative estimate of drug-likeness (QED) is 0.439. The molecule has 0 aliphatic heterocycles. The van der Waals surface area contributed by atoms with Gasteiger partial charge in [0.1, 0.15) is 0 Å². The lowest BCUT2D eigenvalue weighted by Crippen LogP contribution is -2.37. The maximum atomic E-state index is 12.9. The summed E-state index contributed by atoms with van der Waals surface area (Å²) in [5.74, 6) is 0.0775. The summed E-state index contributed by atoms with van der Waals surface area (Å²) < 4.78 is 3.28. The summed E-state index contributed by atoms with van der Waals surface area (Å²) in [6.45, 7) is 5.30. The van der Waals surface area contributed by atoms with Crippen LogP contribution in [-0.2, 0) is 24.2 Å². The van der Waals surface area contributed by atoms with Crippen LogP contribution in [0.4, 0.5) is 0 Å². The summed E-state index contributed by atoms with van der Waals surface area (Å²) >= 11 is 1.67. The number of para-hydroxylation sites is 1. The van der Waals surface area contributed by atoms with Crippen LogP contribution in [0.1, 0.15) is 54.6 Å². The second kappa shape index (κ2) is 8.51. The Balaban J connectivity index is 1.29. The van der Waals surface area contributed by atoms with Gasteiger partial charge in [-0.2, -0.15) is 5.10 Å². The van der Waals surface area contributed by atoms with Crippen LogP contribution >= 0.6 is 11.3 Å². The first-order chi connectivity index (χ1) is 15.5. The number of benzene rings is 2. The van der Waals surface area contributed by atoms with Crippen molar-refractivity contribution in [2.75, 3.05) is 0 Å². The van der Waals surface area contributed by atoms with E-state index in [0.717, 1.165) is 35.5 Å². The fourth-order valence-electron chi connectivity index (χ4n) is 4.63. The van der Waals surface area contributed by atoms with E-state index >= 15 is 0 Å². The van der Waals surface area contributed by atoms with Crippen LogP contribution in [0.15, 0.2) is 60.8 Å². The predicted molar refractivity (Wildman–Crippen MR) is 129 cm³/mol. The molecule has 164 valence electrons. The van der Waals surface area contributed by atoms with Gasteiger partial charge in [-0.05, 0) is 36.0 Å². The molecule has 2 heterocycles. The van der Waals surface area contributed by atoms with Gasteiger partial charge in [-0.15, -0.1) is 11.3 Å². The molecule has 1 amide bonds. The number of hydrogen-bond acceptors (Lipinski definition) is 4. The molecule has 0 radical (unpaired) electrons. The van der Waals surface area contributed by atoms with E-state index in [1.54, 1.807) is 11.3 Å². The Labute approximate surface area is 192 Å². The standard InChI is InChI=1S/C26H28N4OS/c1-26(2)14-21(19-16-27-30(22(19)15-26)17-18-8-4-3-5-9-18)28-24(31)12-13-25-29-20-10-6-7-11-23(20)32-25/h3-11,16,21H,12-15,17H2,1-2H3,(H,28,31)/t21-/m0/s1. The number of aromatic nitrogens is 3. The lowest BCUT2D eigenvalue weighted by molar-refractivity contribution is -0.122. The smallest absolute Gasteiger partial charge is 0.220 e. The molecule has 1 aliphatic rings. The summed E-state index contributed by atoms with van der Waals surface area (Å²) in [6.07, 6.45) is 4.95. The topological polar surface area (TPSA) is 59.8 Å². The highest BCUT2D eigenvalue weighted by Crippen LogP contribution is 2.41. The lowest BCUT2D eigenvalue weighted by atomic mass is 9.74. The summed E-state index contributed by atoms with van der Waals surface area (Å²) in [5.41, 5.74) is 4.75. The number of aryl methyl sites for hydroxylation is 1. The van der Waals surface area contributed by atoms with Gasteiger partial charge in [0.15, 0.2) is 0 Å². The average molecular weight is 445 g/mol. The molecule has 1 atom stereocenters. The SMILES string of the molecule is CC1(C)Cc2c(cnn2Cc2ccccc2)[C@@H](NC(=O)CCc2nc3ccccc3s2)C1. The van der Waals surface area contributed by atoms with Gasteiger partial charge < -0.3 is 5.32 Å². The maximum absolute atomic E-state index is 12.9. The van der Waals surface area contributed by atoms with Gasteiger partial charge in [-0.25, -0.2) is 4.98 Å². The highest BCUT2D eigenvalue weighted by molar-refractivity contribution is 7.18. The Morgan fingerprint density at radius 2 is 1.94 bits per heavy atom. The Bertz CT molecular complexity index is 1210. The van der Waals surface area contributed by atoms with Crippen molar-refractivity contribution in [2.24, 2.45) is 5.41 Å². The molecule has 1 aliphatic carbocycles. The van der Waals surface area contributed by atoms with Crippen molar-refractivity contribution in [3.05, 3.63) is 82.6 Å². The van der Waals surface area contributed by atoms with Crippen LogP contribution in [-0.4, -0.2) is 20.7 Å². The van der Waals surface area contributed by atoms with Gasteiger partial charge in [0.05, 0.1) is 34.0 Å². The molecule has 0 unspecified atom stereocenters. The molecule has 0 fully saturated rings. The number of nitrogens with one attached hydrogen (secondary N) is 1. The predicted octanol–water partition coefficient (Wildman–Crippen LogP) is 5.30. The van der Waals surface area contributed by atoms with E-state index in [4.69, 9.17) is 5.10 Å². The van der Waals surface area contributed by atoms with Crippen LogP contribution in [0.3, 0.4) is 0 Å². The fraction of sp³-hybridized carbons (Fsp3) is 0.346. The van der Waals surface area contributed by atoms with E-state index in [2.05, 4.69) is 59.2 Å². The van der Waals surface area contributed by atoms with E-state index in [0.29, 0.717) is 12.8 Å². The first-order valence-corrected chi connectivity index (χ1v) is 12.0. The minimum atomic E-state index is 0.00106. The third-order valence-corrected chi connectivity index (χ3v) is 7.27. The molecule has 5 rings (SSSR count). The first-order valence-electron chi connectivity index (χ1n) is 11.2. The first kappa shape index (κ1) is 20.9. The largest absolute Gasteiger partial charge is 0.349 e. The second-order valence-electron chi connectivity index (χ2n) is 9.43. The number of hydrogen-bond donors (Lipinski definition) is 1. The van der Waals surface area contributed by atoms with Gasteiger partial charge in [0.2, 0.25) is 5.91 Å². The van der Waals surface area contributed by atoms with Crippen LogP contribution in [0.5, 0.6) is 0 Å². The Kier molecular flexibility index (Phi) is 5.55. The number of rotatable bonds is 6. The molecule has 0 saturated heterocycles. The van der Waals surface area contributed by atoms with E-state index in [9.17, 15) is 4.79 Å². The minimum Gasteiger partial charge on any atom is -0.349 e. The van der Waals surface area contributed by atoms with Crippen LogP contribution in [0.25, 0.3) is 10.2 Å². The molecule has 0 bridgehead atoms. The Hall–Kier alpha value is -2.99. The second-order valence-corrected chi connectivity index (χ2v) is 10.5. The maximum Gasteiger partial charge on any atom is 0.220 e. The van der Waals surface area contributed by atoms with Crippen LogP contribution < -0.4 is 5.32 Å². The summed E-state index contributed by atoms with van der Waals surface area (Å²) in [4.78, 5) is 17.5. The number of carbonyl (C=O) groups excluding carboxylic acids is 1. The number of thiazole rings is 1. The van der Waals surface area contributed by atoms with Gasteiger partial charge >= 0.3 is 0 Å². The molecule has 6 heteroatoms. The van der Waals surface area contributed by atoms with Gasteiger partial charge in [-0.1, -0.05) is 56.3 Å². The van der Waals surface area contributed by atoms with Crippen molar-refractivity contribution >= 4 is 27.5 Å². The van der Waals surface area contributed by atoms with Gasteiger partial charge in [0, 0.05) is 24.1 Å². The average Bonchev–Trinajstić information content (AvgIpc) is 3.36. The minimum absolute atomic E-state index is 0.00106. The normalized spacial score (nSPS) is 17.2. The summed E-state index contributed by atoms with van der Waals surface area (Å²) in [6, 6.07) is 18.5. The molecule has 5 nitrogen and oxygen atoms in total. The molecule has 32 heavy (non-hydrogen) atoms. The number of nitrogens with zero attached hydrogens (tertiary/aromatic N) is 3. The van der Waals surface area contributed by atoms with E-state index in [1.165, 1.54) is 16.0 Å². The van der Waals surface area contributed by atoms with Gasteiger partial charge in [-0.3, -0.25) is 9.48 Å². The van der Waals surface area contributed by atoms with Gasteiger partial charge in [0.25, 0.3) is 0 Å². The van der Waals surface area contributed by atoms with Crippen molar-refractivity contribution in [1.82, 2.24) is 20.1 Å². The molecule has 1 N–H and O–H groups in total. The fourth-order valence-corrected chi connectivity index (χ4v) is 5.60. The number of carbonyl (C=O) groups is 1. The molecule has 0 spiro atoms. The van der Waals surface area contributed by atoms with Crippen LogP contribution in [0, 0.1) is 5.41 Å². The van der Waals surface area contributed by atoms with E-state index in [-0.39, 0.29) is 17.4 Å². The van der Waals surface area contributed by atoms with E-state index in [1.807, 2.05) is 30.5 Å². The molecule has 4 aromatic rings. The Morgan fingerprint density at radius 3 is 2.75 bits per heavy atom. The number of fused-ring (bicyclic) bond motifs is 2. The van der Waals surface area contributed by atoms with Crippen LogP contribution in [0.2, 0.25) is 0 Å². The molecular weight excluding hydrogens is 416 g/mol. The third kappa shape index (κ3) is 4.46. The zero-order valence-corrected chi connectivity index (χ0v) is 19.4. The molecule has 0 saturated carbocycles. The monoisotopic (exact) mass is 444 g/mol. The highest BCUT2D eigenvalue weighted by Gasteiger charge is 2.35.